The monoisotopic (exact) mass is 232 g/mol. The molecule has 2 heterocycles. The standard InChI is InChI=1S/C11H16N6/c12-4-3-11(1-2-11)5-13-9-8-10(15-6-14-8)17-7-16-9/h6-7H,1-5,12H2,(H2,13,14,15,16,17). The number of nitrogens with two attached hydrogens (primary N) is 1. The lowest BCUT2D eigenvalue weighted by Gasteiger charge is -2.15. The lowest BCUT2D eigenvalue weighted by Crippen LogP contribution is -2.19. The largest absolute Gasteiger partial charge is 0.368 e. The Kier molecular flexibility index (Phi) is 2.44. The number of imidazole rings is 1. The van der Waals surface area contributed by atoms with E-state index in [1.165, 1.54) is 19.2 Å². The lowest BCUT2D eigenvalue weighted by atomic mass is 10.0. The number of aromatic amines is 1. The molecule has 1 fully saturated rings. The van der Waals surface area contributed by atoms with Crippen molar-refractivity contribution in [1.82, 2.24) is 19.9 Å². The van der Waals surface area contributed by atoms with Crippen molar-refractivity contribution >= 4 is 17.0 Å². The smallest absolute Gasteiger partial charge is 0.182 e. The second-order valence-electron chi connectivity index (χ2n) is 4.72. The third kappa shape index (κ3) is 1.95. The lowest BCUT2D eigenvalue weighted by molar-refractivity contribution is 0.501. The summed E-state index contributed by atoms with van der Waals surface area (Å²) in [5, 5.41) is 3.38. The average Bonchev–Trinajstić information content (AvgIpc) is 2.92. The highest BCUT2D eigenvalue weighted by atomic mass is 15.1. The van der Waals surface area contributed by atoms with Crippen molar-refractivity contribution < 1.29 is 0 Å². The Labute approximate surface area is 99.1 Å². The Morgan fingerprint density at radius 1 is 1.35 bits per heavy atom. The van der Waals surface area contributed by atoms with E-state index in [0.29, 0.717) is 11.1 Å². The zero-order valence-corrected chi connectivity index (χ0v) is 9.61. The number of hydrogen-bond donors (Lipinski definition) is 3. The van der Waals surface area contributed by atoms with E-state index >= 15 is 0 Å². The van der Waals surface area contributed by atoms with Gasteiger partial charge in [-0.25, -0.2) is 15.0 Å². The van der Waals surface area contributed by atoms with Gasteiger partial charge in [0.1, 0.15) is 11.8 Å². The quantitative estimate of drug-likeness (QED) is 0.712. The fourth-order valence-electron chi connectivity index (χ4n) is 2.17. The molecule has 2 aromatic rings. The van der Waals surface area contributed by atoms with E-state index in [1.54, 1.807) is 6.33 Å². The van der Waals surface area contributed by atoms with Gasteiger partial charge in [-0.05, 0) is 31.2 Å². The Morgan fingerprint density at radius 3 is 3.00 bits per heavy atom. The third-order valence-corrected chi connectivity index (χ3v) is 3.49. The minimum Gasteiger partial charge on any atom is -0.368 e. The van der Waals surface area contributed by atoms with Gasteiger partial charge in [-0.2, -0.15) is 0 Å². The summed E-state index contributed by atoms with van der Waals surface area (Å²) in [5.41, 5.74) is 7.59. The summed E-state index contributed by atoms with van der Waals surface area (Å²) in [6.07, 6.45) is 6.77. The molecule has 0 saturated heterocycles. The number of H-pyrrole nitrogens is 1. The molecule has 2 aromatic heterocycles. The summed E-state index contributed by atoms with van der Waals surface area (Å²) in [4.78, 5) is 15.5. The van der Waals surface area contributed by atoms with Gasteiger partial charge in [0.15, 0.2) is 11.5 Å². The maximum absolute atomic E-state index is 5.63. The first kappa shape index (κ1) is 10.5. The van der Waals surface area contributed by atoms with Gasteiger partial charge in [0.2, 0.25) is 0 Å². The van der Waals surface area contributed by atoms with Crippen molar-refractivity contribution in [3.05, 3.63) is 12.7 Å². The van der Waals surface area contributed by atoms with Gasteiger partial charge in [0.05, 0.1) is 6.33 Å². The average molecular weight is 232 g/mol. The van der Waals surface area contributed by atoms with Crippen LogP contribution in [0.3, 0.4) is 0 Å². The molecule has 0 amide bonds. The summed E-state index contributed by atoms with van der Waals surface area (Å²) in [6, 6.07) is 0. The Balaban J connectivity index is 1.75. The molecule has 6 heteroatoms. The molecule has 17 heavy (non-hydrogen) atoms. The molecule has 6 nitrogen and oxygen atoms in total. The Morgan fingerprint density at radius 2 is 2.24 bits per heavy atom. The zero-order valence-electron chi connectivity index (χ0n) is 9.61. The van der Waals surface area contributed by atoms with Crippen LogP contribution in [0.4, 0.5) is 5.82 Å². The first-order chi connectivity index (χ1) is 8.33. The summed E-state index contributed by atoms with van der Waals surface area (Å²) >= 11 is 0. The molecule has 0 radical (unpaired) electrons. The van der Waals surface area contributed by atoms with Gasteiger partial charge in [-0.3, -0.25) is 0 Å². The molecule has 0 spiro atoms. The maximum atomic E-state index is 5.63. The fourth-order valence-corrected chi connectivity index (χ4v) is 2.17. The van der Waals surface area contributed by atoms with Crippen LogP contribution >= 0.6 is 0 Å². The Hall–Kier alpha value is -1.69. The van der Waals surface area contributed by atoms with Crippen LogP contribution in [0, 0.1) is 5.41 Å². The number of anilines is 1. The van der Waals surface area contributed by atoms with Crippen LogP contribution in [0.25, 0.3) is 11.2 Å². The van der Waals surface area contributed by atoms with Crippen LogP contribution in [-0.2, 0) is 0 Å². The van der Waals surface area contributed by atoms with E-state index in [-0.39, 0.29) is 0 Å². The molecule has 0 aromatic carbocycles. The van der Waals surface area contributed by atoms with Gasteiger partial charge in [0, 0.05) is 6.54 Å². The summed E-state index contributed by atoms with van der Waals surface area (Å²) in [7, 11) is 0. The molecule has 0 aliphatic heterocycles. The fraction of sp³-hybridized carbons (Fsp3) is 0.545. The second kappa shape index (κ2) is 3.96. The summed E-state index contributed by atoms with van der Waals surface area (Å²) in [5.74, 6) is 0.829. The minimum atomic E-state index is 0.395. The zero-order chi connectivity index (χ0) is 11.7. The van der Waals surface area contributed by atoms with E-state index in [1.807, 2.05) is 0 Å². The van der Waals surface area contributed by atoms with Crippen LogP contribution in [0.15, 0.2) is 12.7 Å². The number of fused-ring (bicyclic) bond motifs is 1. The van der Waals surface area contributed by atoms with Gasteiger partial charge in [-0.1, -0.05) is 0 Å². The van der Waals surface area contributed by atoms with Gasteiger partial charge in [-0.15, -0.1) is 0 Å². The molecule has 90 valence electrons. The van der Waals surface area contributed by atoms with Crippen molar-refractivity contribution in [1.29, 1.82) is 0 Å². The number of nitrogens with one attached hydrogen (secondary N) is 2. The molecule has 1 aliphatic carbocycles. The van der Waals surface area contributed by atoms with E-state index in [9.17, 15) is 0 Å². The molecule has 0 unspecified atom stereocenters. The predicted octanol–water partition coefficient (Wildman–Crippen LogP) is 0.894. The molecular formula is C11H16N6. The molecule has 0 atom stereocenters. The van der Waals surface area contributed by atoms with E-state index in [4.69, 9.17) is 5.73 Å². The predicted molar refractivity (Wildman–Crippen MR) is 65.5 cm³/mol. The van der Waals surface area contributed by atoms with Gasteiger partial charge >= 0.3 is 0 Å². The number of aromatic nitrogens is 4. The van der Waals surface area contributed by atoms with Crippen LogP contribution in [0.2, 0.25) is 0 Å². The Bertz CT molecular complexity index is 515. The first-order valence-corrected chi connectivity index (χ1v) is 5.91. The molecule has 4 N–H and O–H groups in total. The molecule has 1 saturated carbocycles. The van der Waals surface area contributed by atoms with E-state index in [2.05, 4.69) is 25.3 Å². The number of nitrogens with zero attached hydrogens (tertiary/aromatic N) is 3. The maximum Gasteiger partial charge on any atom is 0.182 e. The summed E-state index contributed by atoms with van der Waals surface area (Å²) in [6.45, 7) is 1.68. The minimum absolute atomic E-state index is 0.395. The van der Waals surface area contributed by atoms with Crippen LogP contribution < -0.4 is 11.1 Å². The number of rotatable bonds is 5. The molecule has 3 rings (SSSR count). The van der Waals surface area contributed by atoms with E-state index < -0.39 is 0 Å². The van der Waals surface area contributed by atoms with Crippen molar-refractivity contribution in [2.45, 2.75) is 19.3 Å². The van der Waals surface area contributed by atoms with Crippen molar-refractivity contribution in [3.8, 4) is 0 Å². The van der Waals surface area contributed by atoms with Crippen LogP contribution in [0.5, 0.6) is 0 Å². The van der Waals surface area contributed by atoms with Crippen molar-refractivity contribution in [2.24, 2.45) is 11.1 Å². The normalized spacial score (nSPS) is 17.2. The van der Waals surface area contributed by atoms with Crippen molar-refractivity contribution in [3.63, 3.8) is 0 Å². The van der Waals surface area contributed by atoms with Crippen LogP contribution in [0.1, 0.15) is 19.3 Å². The second-order valence-corrected chi connectivity index (χ2v) is 4.72. The van der Waals surface area contributed by atoms with Crippen LogP contribution in [-0.4, -0.2) is 33.0 Å². The molecule has 1 aliphatic rings. The first-order valence-electron chi connectivity index (χ1n) is 5.91. The SMILES string of the molecule is NCCC1(CNc2ncnc3nc[nH]c23)CC1. The molecular weight excluding hydrogens is 216 g/mol. The van der Waals surface area contributed by atoms with E-state index in [0.717, 1.165) is 30.8 Å². The van der Waals surface area contributed by atoms with Gasteiger partial charge in [0.25, 0.3) is 0 Å². The highest BCUT2D eigenvalue weighted by Gasteiger charge is 2.41. The highest BCUT2D eigenvalue weighted by Crippen LogP contribution is 2.48. The molecule has 0 bridgehead atoms. The third-order valence-electron chi connectivity index (χ3n) is 3.49. The summed E-state index contributed by atoms with van der Waals surface area (Å²) < 4.78 is 0. The topological polar surface area (TPSA) is 92.5 Å². The van der Waals surface area contributed by atoms with Crippen molar-refractivity contribution in [2.75, 3.05) is 18.4 Å². The van der Waals surface area contributed by atoms with Gasteiger partial charge < -0.3 is 16.0 Å². The number of hydrogen-bond acceptors (Lipinski definition) is 5. The highest BCUT2D eigenvalue weighted by molar-refractivity contribution is 5.81.